The molecule has 1 saturated carbocycles. The lowest BCUT2D eigenvalue weighted by Crippen LogP contribution is -2.41. The summed E-state index contributed by atoms with van der Waals surface area (Å²) in [6.45, 7) is 0.683. The van der Waals surface area contributed by atoms with E-state index in [1.165, 1.54) is 10.6 Å². The maximum atomic E-state index is 12.0. The standard InChI is InChI=1S/C13H17BrN2O3/c1-15(6-9-4-11(17)5-9)13(19)8-16-7-10(14)2-3-12(16)18/h2-3,7,9,11,17H,4-6,8H2,1H3. The number of rotatable bonds is 4. The molecule has 0 aliphatic heterocycles. The van der Waals surface area contributed by atoms with Crippen LogP contribution in [0.25, 0.3) is 0 Å². The van der Waals surface area contributed by atoms with E-state index in [0.717, 1.165) is 17.3 Å². The van der Waals surface area contributed by atoms with Crippen molar-refractivity contribution >= 4 is 21.8 Å². The van der Waals surface area contributed by atoms with Gasteiger partial charge < -0.3 is 14.6 Å². The molecule has 1 aliphatic rings. The van der Waals surface area contributed by atoms with Gasteiger partial charge in [0, 0.05) is 30.3 Å². The van der Waals surface area contributed by atoms with Crippen LogP contribution >= 0.6 is 15.9 Å². The van der Waals surface area contributed by atoms with E-state index in [0.29, 0.717) is 12.5 Å². The van der Waals surface area contributed by atoms with E-state index in [4.69, 9.17) is 0 Å². The minimum Gasteiger partial charge on any atom is -0.393 e. The molecule has 0 unspecified atom stereocenters. The minimum atomic E-state index is -0.207. The van der Waals surface area contributed by atoms with Gasteiger partial charge in [-0.3, -0.25) is 9.59 Å². The zero-order valence-electron chi connectivity index (χ0n) is 10.8. The van der Waals surface area contributed by atoms with E-state index in [9.17, 15) is 14.7 Å². The van der Waals surface area contributed by atoms with Gasteiger partial charge in [0.1, 0.15) is 6.54 Å². The highest BCUT2D eigenvalue weighted by Crippen LogP contribution is 2.27. The fourth-order valence-corrected chi connectivity index (χ4v) is 2.61. The average molecular weight is 329 g/mol. The van der Waals surface area contributed by atoms with E-state index in [-0.39, 0.29) is 24.1 Å². The van der Waals surface area contributed by atoms with Gasteiger partial charge in [-0.2, -0.15) is 0 Å². The molecular formula is C13H17BrN2O3. The molecule has 104 valence electrons. The van der Waals surface area contributed by atoms with Crippen molar-refractivity contribution < 1.29 is 9.90 Å². The summed E-state index contributed by atoms with van der Waals surface area (Å²) in [5, 5.41) is 9.22. The Morgan fingerprint density at radius 2 is 2.21 bits per heavy atom. The number of hydrogen-bond donors (Lipinski definition) is 1. The van der Waals surface area contributed by atoms with Crippen LogP contribution in [0.1, 0.15) is 12.8 Å². The molecule has 0 atom stereocenters. The second-order valence-electron chi connectivity index (χ2n) is 5.08. The summed E-state index contributed by atoms with van der Waals surface area (Å²) in [5.41, 5.74) is -0.191. The number of nitrogens with zero attached hydrogens (tertiary/aromatic N) is 2. The molecule has 1 aliphatic carbocycles. The molecule has 0 spiro atoms. The Kier molecular flexibility index (Phi) is 4.42. The first-order valence-corrected chi connectivity index (χ1v) is 7.03. The van der Waals surface area contributed by atoms with Crippen LogP contribution in [0.3, 0.4) is 0 Å². The van der Waals surface area contributed by atoms with Gasteiger partial charge in [0.05, 0.1) is 6.10 Å². The highest BCUT2D eigenvalue weighted by molar-refractivity contribution is 9.10. The molecule has 2 rings (SSSR count). The van der Waals surface area contributed by atoms with Crippen molar-refractivity contribution in [2.75, 3.05) is 13.6 Å². The number of aromatic nitrogens is 1. The summed E-state index contributed by atoms with van der Waals surface area (Å²) in [6.07, 6.45) is 2.92. The topological polar surface area (TPSA) is 62.5 Å². The van der Waals surface area contributed by atoms with Crippen molar-refractivity contribution in [2.24, 2.45) is 5.92 Å². The number of carbonyl (C=O) groups is 1. The maximum Gasteiger partial charge on any atom is 0.251 e. The average Bonchev–Trinajstić information content (AvgIpc) is 2.31. The van der Waals surface area contributed by atoms with Gasteiger partial charge in [-0.05, 0) is 40.8 Å². The molecule has 1 heterocycles. The van der Waals surface area contributed by atoms with Crippen LogP contribution in [0, 0.1) is 5.92 Å². The van der Waals surface area contributed by atoms with Gasteiger partial charge in [-0.1, -0.05) is 0 Å². The molecule has 19 heavy (non-hydrogen) atoms. The Balaban J connectivity index is 1.92. The SMILES string of the molecule is CN(CC1CC(O)C1)C(=O)Cn1cc(Br)ccc1=O. The molecule has 0 radical (unpaired) electrons. The Labute approximate surface area is 120 Å². The highest BCUT2D eigenvalue weighted by Gasteiger charge is 2.29. The van der Waals surface area contributed by atoms with Crippen molar-refractivity contribution in [2.45, 2.75) is 25.5 Å². The number of halogens is 1. The summed E-state index contributed by atoms with van der Waals surface area (Å²) in [7, 11) is 1.73. The Hall–Kier alpha value is -1.14. The summed E-state index contributed by atoms with van der Waals surface area (Å²) in [4.78, 5) is 25.3. The van der Waals surface area contributed by atoms with Gasteiger partial charge in [0.15, 0.2) is 0 Å². The van der Waals surface area contributed by atoms with Crippen LogP contribution in [-0.2, 0) is 11.3 Å². The van der Waals surface area contributed by atoms with Gasteiger partial charge >= 0.3 is 0 Å². The molecule has 6 heteroatoms. The monoisotopic (exact) mass is 328 g/mol. The van der Waals surface area contributed by atoms with E-state index in [1.807, 2.05) is 0 Å². The van der Waals surface area contributed by atoms with Gasteiger partial charge in [-0.25, -0.2) is 0 Å². The first-order valence-electron chi connectivity index (χ1n) is 6.23. The number of amides is 1. The van der Waals surface area contributed by atoms with Crippen LogP contribution < -0.4 is 5.56 Å². The lowest BCUT2D eigenvalue weighted by atomic mass is 9.82. The third-order valence-electron chi connectivity index (χ3n) is 3.42. The Bertz CT molecular complexity index is 523. The number of likely N-dealkylation sites (N-methyl/N-ethyl adjacent to an activating group) is 1. The molecule has 1 aromatic rings. The smallest absolute Gasteiger partial charge is 0.251 e. The number of aliphatic hydroxyl groups is 1. The van der Waals surface area contributed by atoms with Crippen LogP contribution in [0.15, 0.2) is 27.6 Å². The quantitative estimate of drug-likeness (QED) is 0.890. The first-order chi connectivity index (χ1) is 8.95. The van der Waals surface area contributed by atoms with Crippen LogP contribution in [0.2, 0.25) is 0 Å². The van der Waals surface area contributed by atoms with Crippen molar-refractivity contribution in [1.82, 2.24) is 9.47 Å². The van der Waals surface area contributed by atoms with Gasteiger partial charge in [0.25, 0.3) is 5.56 Å². The summed E-state index contributed by atoms with van der Waals surface area (Å²) in [5.74, 6) is 0.282. The molecule has 0 aromatic carbocycles. The largest absolute Gasteiger partial charge is 0.393 e. The fraction of sp³-hybridized carbons (Fsp3) is 0.538. The summed E-state index contributed by atoms with van der Waals surface area (Å²) >= 11 is 3.28. The fourth-order valence-electron chi connectivity index (χ4n) is 2.23. The van der Waals surface area contributed by atoms with E-state index in [1.54, 1.807) is 24.2 Å². The summed E-state index contributed by atoms with van der Waals surface area (Å²) < 4.78 is 2.16. The lowest BCUT2D eigenvalue weighted by molar-refractivity contribution is -0.132. The van der Waals surface area contributed by atoms with Crippen LogP contribution in [0.4, 0.5) is 0 Å². The van der Waals surface area contributed by atoms with Gasteiger partial charge in [0.2, 0.25) is 5.91 Å². The highest BCUT2D eigenvalue weighted by atomic mass is 79.9. The number of aliphatic hydroxyl groups excluding tert-OH is 1. The zero-order valence-corrected chi connectivity index (χ0v) is 12.3. The first kappa shape index (κ1) is 14.3. The van der Waals surface area contributed by atoms with Crippen molar-refractivity contribution in [3.8, 4) is 0 Å². The molecule has 0 bridgehead atoms. The van der Waals surface area contributed by atoms with Crippen molar-refractivity contribution in [1.29, 1.82) is 0 Å². The van der Waals surface area contributed by atoms with E-state index in [2.05, 4.69) is 15.9 Å². The number of carbonyl (C=O) groups excluding carboxylic acids is 1. The van der Waals surface area contributed by atoms with E-state index >= 15 is 0 Å². The second-order valence-corrected chi connectivity index (χ2v) is 5.99. The number of pyridine rings is 1. The van der Waals surface area contributed by atoms with Crippen molar-refractivity contribution in [3.05, 3.63) is 33.2 Å². The summed E-state index contributed by atoms with van der Waals surface area (Å²) in [6, 6.07) is 3.09. The molecule has 1 aromatic heterocycles. The third-order valence-corrected chi connectivity index (χ3v) is 3.89. The number of hydrogen-bond acceptors (Lipinski definition) is 3. The molecule has 1 fully saturated rings. The third kappa shape index (κ3) is 3.67. The zero-order chi connectivity index (χ0) is 14.0. The molecule has 5 nitrogen and oxygen atoms in total. The minimum absolute atomic E-state index is 0.0457. The Morgan fingerprint density at radius 1 is 1.53 bits per heavy atom. The normalized spacial score (nSPS) is 21.8. The van der Waals surface area contributed by atoms with E-state index < -0.39 is 0 Å². The predicted octanol–water partition coefficient (Wildman–Crippen LogP) is 0.840. The predicted molar refractivity (Wildman–Crippen MR) is 74.8 cm³/mol. The Morgan fingerprint density at radius 3 is 2.84 bits per heavy atom. The van der Waals surface area contributed by atoms with Crippen LogP contribution in [-0.4, -0.2) is 40.2 Å². The van der Waals surface area contributed by atoms with Crippen molar-refractivity contribution in [3.63, 3.8) is 0 Å². The molecule has 1 amide bonds. The molecule has 1 N–H and O–H groups in total. The lowest BCUT2D eigenvalue weighted by Gasteiger charge is -2.34. The van der Waals surface area contributed by atoms with Gasteiger partial charge in [-0.15, -0.1) is 0 Å². The second kappa shape index (κ2) is 5.88. The molecular weight excluding hydrogens is 312 g/mol. The maximum absolute atomic E-state index is 12.0. The molecule has 0 saturated heterocycles. The van der Waals surface area contributed by atoms with Crippen LogP contribution in [0.5, 0.6) is 0 Å².